The van der Waals surface area contributed by atoms with Gasteiger partial charge in [0, 0.05) is 78.5 Å². The lowest BCUT2D eigenvalue weighted by atomic mass is 9.85. The summed E-state index contributed by atoms with van der Waals surface area (Å²) in [6.07, 6.45) is 4.37. The van der Waals surface area contributed by atoms with E-state index in [0.717, 1.165) is 0 Å². The number of nitrogens with zero attached hydrogens (tertiary/aromatic N) is 5. The van der Waals surface area contributed by atoms with Crippen LogP contribution in [-0.2, 0) is 28.1 Å². The van der Waals surface area contributed by atoms with Gasteiger partial charge in [-0.05, 0) is 75.7 Å². The summed E-state index contributed by atoms with van der Waals surface area (Å²) >= 11 is 0. The number of aryl methyl sites for hydroxylation is 1. The van der Waals surface area contributed by atoms with Crippen molar-refractivity contribution in [2.24, 2.45) is 5.92 Å². The van der Waals surface area contributed by atoms with Crippen molar-refractivity contribution in [3.63, 3.8) is 0 Å². The van der Waals surface area contributed by atoms with E-state index < -0.39 is 22.6 Å². The van der Waals surface area contributed by atoms with Crippen molar-refractivity contribution in [1.29, 1.82) is 0 Å². The van der Waals surface area contributed by atoms with Gasteiger partial charge in [0.05, 0.1) is 5.39 Å². The monoisotopic (exact) mass is 640 g/mol. The third kappa shape index (κ3) is 6.67. The van der Waals surface area contributed by atoms with E-state index in [1.807, 2.05) is 19.1 Å². The predicted octanol–water partition coefficient (Wildman–Crippen LogP) is 4.65. The molecule has 45 heavy (non-hydrogen) atoms. The molecule has 0 aliphatic carbocycles. The van der Waals surface area contributed by atoms with E-state index in [9.17, 15) is 13.8 Å². The topological polar surface area (TPSA) is 100 Å². The quantitative estimate of drug-likeness (QED) is 0.414. The fourth-order valence-electron chi connectivity index (χ4n) is 7.02. The SMILES string of the molecule is C[C@H]1Nc2ncnc3c2cc(C2CCS(=O)CC2)c(=O)n3CCCN(C)C(=O)CCN2CCC(CC2)C(F)(F)c2cccc1c2. The number of aromatic nitrogens is 3. The molecule has 8 bridgehead atoms. The first-order chi connectivity index (χ1) is 21.6. The first-order valence-electron chi connectivity index (χ1n) is 16.1. The molecule has 3 aromatic rings. The predicted molar refractivity (Wildman–Crippen MR) is 172 cm³/mol. The zero-order valence-electron chi connectivity index (χ0n) is 26.0. The van der Waals surface area contributed by atoms with Crippen LogP contribution in [0.25, 0.3) is 11.0 Å². The lowest BCUT2D eigenvalue weighted by Gasteiger charge is -2.36. The molecule has 0 unspecified atom stereocenters. The van der Waals surface area contributed by atoms with E-state index in [-0.39, 0.29) is 29.0 Å². The third-order valence-corrected chi connectivity index (χ3v) is 11.3. The summed E-state index contributed by atoms with van der Waals surface area (Å²) < 4.78 is 45.5. The minimum absolute atomic E-state index is 0.00544. The van der Waals surface area contributed by atoms with Gasteiger partial charge < -0.3 is 15.1 Å². The molecule has 1 aromatic carbocycles. The summed E-state index contributed by atoms with van der Waals surface area (Å²) in [5.74, 6) is -2.15. The minimum atomic E-state index is -2.98. The maximum Gasteiger partial charge on any atom is 0.276 e. The summed E-state index contributed by atoms with van der Waals surface area (Å²) in [6, 6.07) is 8.14. The molecule has 7 rings (SSSR count). The van der Waals surface area contributed by atoms with E-state index in [1.165, 1.54) is 12.4 Å². The first-order valence-corrected chi connectivity index (χ1v) is 17.5. The summed E-state index contributed by atoms with van der Waals surface area (Å²) in [4.78, 5) is 39.8. The molecule has 6 heterocycles. The van der Waals surface area contributed by atoms with Crippen LogP contribution in [0.3, 0.4) is 0 Å². The number of nitrogens with one attached hydrogen (secondary N) is 1. The number of piperidine rings is 1. The number of hydrogen-bond donors (Lipinski definition) is 1. The van der Waals surface area contributed by atoms with Gasteiger partial charge in [-0.1, -0.05) is 18.2 Å². The van der Waals surface area contributed by atoms with Gasteiger partial charge in [-0.15, -0.1) is 0 Å². The lowest BCUT2D eigenvalue weighted by Crippen LogP contribution is -2.41. The second kappa shape index (κ2) is 13.2. The Morgan fingerprint density at radius 1 is 0.978 bits per heavy atom. The fourth-order valence-corrected chi connectivity index (χ4v) is 8.32. The van der Waals surface area contributed by atoms with E-state index >= 15 is 8.78 Å². The molecule has 12 heteroatoms. The Morgan fingerprint density at radius 3 is 2.49 bits per heavy atom. The fraction of sp³-hybridized carbons (Fsp3) is 0.576. The molecule has 9 nitrogen and oxygen atoms in total. The molecular formula is C33H42F2N6O3S. The summed E-state index contributed by atoms with van der Waals surface area (Å²) in [7, 11) is 0.897. The number of halogens is 2. The molecule has 4 aliphatic rings. The molecule has 2 saturated heterocycles. The highest BCUT2D eigenvalue weighted by Crippen LogP contribution is 2.42. The third-order valence-electron chi connectivity index (χ3n) is 9.91. The number of alkyl halides is 2. The van der Waals surface area contributed by atoms with E-state index in [0.29, 0.717) is 111 Å². The van der Waals surface area contributed by atoms with Crippen LogP contribution in [0.1, 0.15) is 74.1 Å². The smallest absolute Gasteiger partial charge is 0.276 e. The average molecular weight is 641 g/mol. The number of fused-ring (bicyclic) bond motifs is 9. The van der Waals surface area contributed by atoms with E-state index in [4.69, 9.17) is 0 Å². The highest BCUT2D eigenvalue weighted by Gasteiger charge is 2.43. The molecule has 1 atom stereocenters. The number of benzene rings is 1. The van der Waals surface area contributed by atoms with Gasteiger partial charge in [0.1, 0.15) is 17.8 Å². The summed E-state index contributed by atoms with van der Waals surface area (Å²) in [5.41, 5.74) is 1.74. The van der Waals surface area contributed by atoms with Crippen LogP contribution in [0.15, 0.2) is 41.5 Å². The maximum atomic E-state index is 15.9. The normalized spacial score (nSPS) is 28.0. The maximum absolute atomic E-state index is 15.9. The minimum Gasteiger partial charge on any atom is -0.363 e. The Hall–Kier alpha value is -3.25. The number of carbonyl (C=O) groups excluding carboxylic acids is 1. The lowest BCUT2D eigenvalue weighted by molar-refractivity contribution is -0.130. The Kier molecular flexibility index (Phi) is 9.33. The van der Waals surface area contributed by atoms with Gasteiger partial charge >= 0.3 is 0 Å². The molecule has 1 N–H and O–H groups in total. The zero-order valence-corrected chi connectivity index (χ0v) is 26.8. The Labute approximate surface area is 264 Å². The van der Waals surface area contributed by atoms with Crippen LogP contribution in [0.5, 0.6) is 0 Å². The average Bonchev–Trinajstić information content (AvgIpc) is 3.05. The summed E-state index contributed by atoms with van der Waals surface area (Å²) in [6.45, 7) is 4.37. The van der Waals surface area contributed by atoms with Crippen molar-refractivity contribution in [1.82, 2.24) is 24.3 Å². The van der Waals surface area contributed by atoms with Crippen molar-refractivity contribution < 1.29 is 17.8 Å². The van der Waals surface area contributed by atoms with Gasteiger partial charge in [0.15, 0.2) is 0 Å². The first kappa shape index (κ1) is 31.7. The van der Waals surface area contributed by atoms with Gasteiger partial charge in [-0.25, -0.2) is 18.7 Å². The largest absolute Gasteiger partial charge is 0.363 e. The van der Waals surface area contributed by atoms with Crippen molar-refractivity contribution >= 4 is 33.6 Å². The van der Waals surface area contributed by atoms with Gasteiger partial charge in [-0.3, -0.25) is 18.4 Å². The van der Waals surface area contributed by atoms with E-state index in [1.54, 1.807) is 28.6 Å². The van der Waals surface area contributed by atoms with Crippen LogP contribution in [0.2, 0.25) is 0 Å². The molecule has 4 aliphatic heterocycles. The van der Waals surface area contributed by atoms with E-state index in [2.05, 4.69) is 20.2 Å². The molecule has 0 saturated carbocycles. The Bertz CT molecular complexity index is 1630. The standard InChI is InChI=1S/C33H42F2N6O3S/c1-22-24-5-3-6-26(19-24)33(34,35)25-7-14-40(15-8-25)16-9-29(42)39(2)12-4-13-41-31-28(30(38-22)36-21-37-31)20-27(32(41)43)23-10-17-45(44)18-11-23/h3,5-6,19-23,25H,4,7-18H2,1-2H3,(H,36,37,38)/t22-,23?,45?/m1/s1. The zero-order chi connectivity index (χ0) is 31.7. The van der Waals surface area contributed by atoms with Crippen LogP contribution in [-0.4, -0.2) is 79.2 Å². The van der Waals surface area contributed by atoms with Gasteiger partial charge in [0.25, 0.3) is 11.5 Å². The molecular weight excluding hydrogens is 598 g/mol. The molecule has 2 aromatic heterocycles. The van der Waals surface area contributed by atoms with Gasteiger partial charge in [-0.2, -0.15) is 0 Å². The van der Waals surface area contributed by atoms with Crippen molar-refractivity contribution in [3.05, 3.63) is 63.7 Å². The number of hydrogen-bond acceptors (Lipinski definition) is 7. The van der Waals surface area contributed by atoms with Gasteiger partial charge in [0.2, 0.25) is 5.91 Å². The molecule has 0 spiro atoms. The second-order valence-electron chi connectivity index (χ2n) is 12.8. The van der Waals surface area contributed by atoms with Crippen LogP contribution in [0.4, 0.5) is 14.6 Å². The Morgan fingerprint density at radius 2 is 1.73 bits per heavy atom. The molecule has 242 valence electrons. The Balaban J connectivity index is 1.41. The van der Waals surface area contributed by atoms with Crippen molar-refractivity contribution in [3.8, 4) is 0 Å². The summed E-state index contributed by atoms with van der Waals surface area (Å²) in [5, 5.41) is 4.10. The number of anilines is 1. The second-order valence-corrected chi connectivity index (χ2v) is 14.5. The molecule has 2 fully saturated rings. The van der Waals surface area contributed by atoms with Crippen LogP contribution in [0, 0.1) is 5.92 Å². The van der Waals surface area contributed by atoms with Crippen molar-refractivity contribution in [2.75, 3.05) is 50.0 Å². The highest BCUT2D eigenvalue weighted by atomic mass is 32.2. The molecule has 0 radical (unpaired) electrons. The molecule has 1 amide bonds. The number of pyridine rings is 1. The van der Waals surface area contributed by atoms with Crippen LogP contribution >= 0.6 is 0 Å². The van der Waals surface area contributed by atoms with Crippen LogP contribution < -0.4 is 10.9 Å². The highest BCUT2D eigenvalue weighted by molar-refractivity contribution is 7.85. The van der Waals surface area contributed by atoms with Crippen molar-refractivity contribution in [2.45, 2.75) is 69.9 Å². The number of rotatable bonds is 1. The number of amides is 1. The number of carbonyl (C=O) groups is 1.